The van der Waals surface area contributed by atoms with Crippen LogP contribution in [-0.2, 0) is 29.4 Å². The van der Waals surface area contributed by atoms with E-state index in [1.807, 2.05) is 53.7 Å². The Balaban J connectivity index is 1.15. The van der Waals surface area contributed by atoms with E-state index in [0.29, 0.717) is 57.3 Å². The number of phosphoric acid groups is 1. The zero-order chi connectivity index (χ0) is 38.9. The smallest absolute Gasteiger partial charge is 0.475 e. The molecule has 0 bridgehead atoms. The lowest BCUT2D eigenvalue weighted by Gasteiger charge is -2.36. The van der Waals surface area contributed by atoms with Crippen LogP contribution in [0.4, 0.5) is 21.0 Å². The largest absolute Gasteiger partial charge is 0.493 e. The van der Waals surface area contributed by atoms with Crippen LogP contribution >= 0.6 is 19.2 Å². The molecule has 1 amide bonds. The average molecular weight is 787 g/mol. The highest BCUT2D eigenvalue weighted by Crippen LogP contribution is 2.55. The summed E-state index contributed by atoms with van der Waals surface area (Å²) in [5, 5.41) is 7.07. The molecule has 2 aromatic carbocycles. The SMILES string of the molecule is COc1cc2c(Nc3ncc(CC(=O)Nc4ccccc4F)s3)ncnc2cc1OCCCN1CCCCC1CCOP(=O)(OC(C)(C)C)OC(C)(C)C. The van der Waals surface area contributed by atoms with Crippen molar-refractivity contribution in [2.75, 3.05) is 44.0 Å². The standard InChI is InChI=1S/C38H52FN6O7PS/c1-37(2,3)51-53(47,52-38(4,5)6)50-20-16-26-13-10-11-17-45(26)18-12-19-49-33-23-31-28(22-32(33)48-7)35(42-25-41-31)44-36-40-24-27(54-36)21-34(46)43-30-15-9-8-14-29(30)39/h8-9,14-15,22-26H,10-13,16-21H2,1-7H3,(H,43,46)(H,40,41,42,44). The van der Waals surface area contributed by atoms with E-state index in [9.17, 15) is 13.8 Å². The third-order valence-electron chi connectivity index (χ3n) is 8.25. The molecule has 3 heterocycles. The molecule has 1 atom stereocenters. The summed E-state index contributed by atoms with van der Waals surface area (Å²) in [7, 11) is -2.17. The maximum atomic E-state index is 13.9. The summed E-state index contributed by atoms with van der Waals surface area (Å²) in [5.74, 6) is 0.795. The summed E-state index contributed by atoms with van der Waals surface area (Å²) in [5.41, 5.74) is -0.574. The van der Waals surface area contributed by atoms with E-state index in [1.165, 1.54) is 29.8 Å². The second-order valence-electron chi connectivity index (χ2n) is 15.1. The second kappa shape index (κ2) is 18.3. The van der Waals surface area contributed by atoms with E-state index in [2.05, 4.69) is 30.5 Å². The monoisotopic (exact) mass is 786 g/mol. The number of anilines is 3. The number of para-hydroxylation sites is 1. The van der Waals surface area contributed by atoms with Crippen molar-refractivity contribution in [3.8, 4) is 11.5 Å². The zero-order valence-electron chi connectivity index (χ0n) is 32.1. The highest BCUT2D eigenvalue weighted by atomic mass is 32.1. The molecule has 1 aliphatic heterocycles. The third-order valence-corrected chi connectivity index (χ3v) is 11.2. The van der Waals surface area contributed by atoms with E-state index < -0.39 is 24.8 Å². The predicted octanol–water partition coefficient (Wildman–Crippen LogP) is 8.93. The van der Waals surface area contributed by atoms with Gasteiger partial charge in [-0.2, -0.15) is 0 Å². The maximum Gasteiger partial charge on any atom is 0.475 e. The van der Waals surface area contributed by atoms with Gasteiger partial charge in [0.25, 0.3) is 0 Å². The van der Waals surface area contributed by atoms with Crippen LogP contribution in [0.25, 0.3) is 10.9 Å². The number of thiazole rings is 1. The van der Waals surface area contributed by atoms with Crippen LogP contribution in [0.2, 0.25) is 0 Å². The molecule has 0 aliphatic carbocycles. The molecule has 4 aromatic rings. The lowest BCUT2D eigenvalue weighted by molar-refractivity contribution is -0.115. The lowest BCUT2D eigenvalue weighted by atomic mass is 9.99. The van der Waals surface area contributed by atoms with Crippen LogP contribution in [-0.4, -0.2) is 76.4 Å². The Bertz CT molecular complexity index is 1900. The van der Waals surface area contributed by atoms with Gasteiger partial charge >= 0.3 is 7.82 Å². The summed E-state index contributed by atoms with van der Waals surface area (Å²) in [4.78, 5) is 29.0. The van der Waals surface area contributed by atoms with Gasteiger partial charge in [0.05, 0.1) is 49.2 Å². The van der Waals surface area contributed by atoms with Crippen LogP contribution in [0, 0.1) is 5.82 Å². The van der Waals surface area contributed by atoms with Gasteiger partial charge in [0.15, 0.2) is 16.6 Å². The molecule has 0 saturated carbocycles. The number of methoxy groups -OCH3 is 1. The topological polar surface area (TPSA) is 146 Å². The molecule has 0 radical (unpaired) electrons. The predicted molar refractivity (Wildman–Crippen MR) is 209 cm³/mol. The molecule has 1 unspecified atom stereocenters. The lowest BCUT2D eigenvalue weighted by Crippen LogP contribution is -2.41. The molecule has 13 nitrogen and oxygen atoms in total. The van der Waals surface area contributed by atoms with Gasteiger partial charge in [-0.25, -0.2) is 23.9 Å². The number of aromatic nitrogens is 3. The van der Waals surface area contributed by atoms with Crippen LogP contribution in [0.1, 0.15) is 78.5 Å². The van der Waals surface area contributed by atoms with Crippen molar-refractivity contribution in [2.24, 2.45) is 0 Å². The molecule has 16 heteroatoms. The van der Waals surface area contributed by atoms with Crippen LogP contribution in [0.3, 0.4) is 0 Å². The summed E-state index contributed by atoms with van der Waals surface area (Å²) in [6, 6.07) is 9.98. The highest BCUT2D eigenvalue weighted by molar-refractivity contribution is 7.48. The fourth-order valence-corrected chi connectivity index (χ4v) is 8.70. The number of carbonyl (C=O) groups excluding carboxylic acids is 1. The Kier molecular flexibility index (Phi) is 14.0. The normalized spacial score (nSPS) is 15.7. The minimum Gasteiger partial charge on any atom is -0.493 e. The Morgan fingerprint density at radius 1 is 1.02 bits per heavy atom. The van der Waals surface area contributed by atoms with Crippen molar-refractivity contribution in [2.45, 2.75) is 97.3 Å². The first-order chi connectivity index (χ1) is 25.6. The molecule has 2 aromatic heterocycles. The van der Waals surface area contributed by atoms with Crippen molar-refractivity contribution in [1.29, 1.82) is 0 Å². The molecule has 2 N–H and O–H groups in total. The summed E-state index contributed by atoms with van der Waals surface area (Å²) in [6.07, 6.45) is 7.91. The van der Waals surface area contributed by atoms with Gasteiger partial charge < -0.3 is 25.0 Å². The number of nitrogens with one attached hydrogen (secondary N) is 2. The molecule has 1 fully saturated rings. The molecule has 1 saturated heterocycles. The highest BCUT2D eigenvalue weighted by Gasteiger charge is 2.37. The van der Waals surface area contributed by atoms with Gasteiger partial charge in [-0.1, -0.05) is 18.6 Å². The number of nitrogens with zero attached hydrogens (tertiary/aromatic N) is 4. The van der Waals surface area contributed by atoms with Crippen LogP contribution in [0.5, 0.6) is 11.5 Å². The molecule has 1 aliphatic rings. The first-order valence-electron chi connectivity index (χ1n) is 18.2. The molecular weight excluding hydrogens is 734 g/mol. The van der Waals surface area contributed by atoms with Gasteiger partial charge in [0.1, 0.15) is 18.0 Å². The van der Waals surface area contributed by atoms with Gasteiger partial charge in [0, 0.05) is 35.1 Å². The minimum atomic E-state index is -3.76. The Morgan fingerprint density at radius 3 is 2.50 bits per heavy atom. The Hall–Kier alpha value is -3.72. The quantitative estimate of drug-likeness (QED) is 0.0778. The van der Waals surface area contributed by atoms with E-state index in [-0.39, 0.29) is 24.6 Å². The fourth-order valence-electron chi connectivity index (χ4n) is 6.07. The number of piperidine rings is 1. The van der Waals surface area contributed by atoms with Gasteiger partial charge in [-0.05, 0) is 92.0 Å². The molecule has 294 valence electrons. The van der Waals surface area contributed by atoms with Crippen molar-refractivity contribution < 1.29 is 36.8 Å². The minimum absolute atomic E-state index is 0.0446. The number of benzene rings is 2. The number of carbonyl (C=O) groups is 1. The summed E-state index contributed by atoms with van der Waals surface area (Å²) in [6.45, 7) is 13.6. The third kappa shape index (κ3) is 12.4. The first kappa shape index (κ1) is 41.4. The molecular formula is C38H52FN6O7PS. The van der Waals surface area contributed by atoms with E-state index >= 15 is 0 Å². The van der Waals surface area contributed by atoms with Crippen molar-refractivity contribution >= 4 is 52.6 Å². The van der Waals surface area contributed by atoms with Gasteiger partial charge in [-0.15, -0.1) is 11.3 Å². The maximum absolute atomic E-state index is 13.9. The summed E-state index contributed by atoms with van der Waals surface area (Å²) < 4.78 is 56.8. The second-order valence-corrected chi connectivity index (χ2v) is 17.7. The van der Waals surface area contributed by atoms with Crippen LogP contribution in [0.15, 0.2) is 48.9 Å². The fraction of sp³-hybridized carbons (Fsp3) is 0.526. The molecule has 54 heavy (non-hydrogen) atoms. The zero-order valence-corrected chi connectivity index (χ0v) is 33.9. The number of hydrogen-bond acceptors (Lipinski definition) is 13. The number of hydrogen-bond donors (Lipinski definition) is 2. The Morgan fingerprint density at radius 2 is 1.78 bits per heavy atom. The van der Waals surface area contributed by atoms with Crippen molar-refractivity contribution in [3.05, 3.63) is 59.6 Å². The number of phosphoric ester groups is 1. The number of amides is 1. The number of rotatable bonds is 17. The average Bonchev–Trinajstić information content (AvgIpc) is 3.52. The number of likely N-dealkylation sites (tertiary alicyclic amines) is 1. The molecule has 5 rings (SSSR count). The van der Waals surface area contributed by atoms with Crippen LogP contribution < -0.4 is 20.1 Å². The van der Waals surface area contributed by atoms with Gasteiger partial charge in [0.2, 0.25) is 5.91 Å². The van der Waals surface area contributed by atoms with E-state index in [1.54, 1.807) is 25.4 Å². The molecule has 0 spiro atoms. The van der Waals surface area contributed by atoms with Crippen molar-refractivity contribution in [1.82, 2.24) is 19.9 Å². The Labute approximate surface area is 320 Å². The number of ether oxygens (including phenoxy) is 2. The number of halogens is 1. The van der Waals surface area contributed by atoms with E-state index in [0.717, 1.165) is 38.8 Å². The van der Waals surface area contributed by atoms with Crippen molar-refractivity contribution in [3.63, 3.8) is 0 Å². The van der Waals surface area contributed by atoms with E-state index in [4.69, 9.17) is 23.0 Å². The first-order valence-corrected chi connectivity index (χ1v) is 20.5. The van der Waals surface area contributed by atoms with Gasteiger partial charge in [-0.3, -0.25) is 18.4 Å². The summed E-state index contributed by atoms with van der Waals surface area (Å²) >= 11 is 1.30. The number of fused-ring (bicyclic) bond motifs is 1.